The molecule has 0 amide bonds. The van der Waals surface area contributed by atoms with Gasteiger partial charge in [-0.25, -0.2) is 0 Å². The molecule has 0 saturated heterocycles. The van der Waals surface area contributed by atoms with Crippen molar-refractivity contribution >= 4 is 0 Å². The van der Waals surface area contributed by atoms with Crippen molar-refractivity contribution in [1.29, 1.82) is 0 Å². The second-order valence-electron chi connectivity index (χ2n) is 7.39. The molecule has 0 aromatic heterocycles. The third-order valence-electron chi connectivity index (χ3n) is 5.00. The lowest BCUT2D eigenvalue weighted by atomic mass is 9.58. The molecule has 2 atom stereocenters. The minimum atomic E-state index is 0.484. The van der Waals surface area contributed by atoms with Crippen LogP contribution in [0.3, 0.4) is 0 Å². The second-order valence-corrected chi connectivity index (χ2v) is 7.39. The summed E-state index contributed by atoms with van der Waals surface area (Å²) in [5, 5.41) is 0. The molecule has 104 valence electrons. The normalized spacial score (nSPS) is 18.2. The van der Waals surface area contributed by atoms with Gasteiger partial charge in [-0.05, 0) is 41.4 Å². The molecule has 0 N–H and O–H groups in total. The molecule has 0 rings (SSSR count). The highest BCUT2D eigenvalue weighted by Crippen LogP contribution is 2.48. The molecule has 0 bridgehead atoms. The number of hydrogen-bond donors (Lipinski definition) is 0. The predicted octanol–water partition coefficient (Wildman–Crippen LogP) is 6.01. The van der Waals surface area contributed by atoms with Gasteiger partial charge in [0.1, 0.15) is 0 Å². The van der Waals surface area contributed by atoms with Crippen molar-refractivity contribution in [1.82, 2.24) is 0 Å². The minimum absolute atomic E-state index is 0.484. The Balaban J connectivity index is 5.14. The molecule has 0 aliphatic rings. The van der Waals surface area contributed by atoms with Gasteiger partial charge in [-0.15, -0.1) is 0 Å². The standard InChI is InChI=1S/C17H36/c1-10-15(8)11-17(9,14(6)7)16(12(2)3)13(4)5/h12-16H,10-11H2,1-9H3. The SMILES string of the molecule is CCC(C)CC(C)(C(C)C)C(C(C)C)C(C)C. The largest absolute Gasteiger partial charge is 0.0651 e. The molecule has 2 unspecified atom stereocenters. The van der Waals surface area contributed by atoms with Crippen molar-refractivity contribution in [2.24, 2.45) is 35.0 Å². The van der Waals surface area contributed by atoms with Gasteiger partial charge in [-0.2, -0.15) is 0 Å². The molecule has 0 heterocycles. The van der Waals surface area contributed by atoms with Crippen LogP contribution in [0.2, 0.25) is 0 Å². The van der Waals surface area contributed by atoms with Crippen LogP contribution in [0.25, 0.3) is 0 Å². The van der Waals surface area contributed by atoms with Crippen LogP contribution in [0, 0.1) is 35.0 Å². The van der Waals surface area contributed by atoms with E-state index in [2.05, 4.69) is 62.3 Å². The minimum Gasteiger partial charge on any atom is -0.0651 e. The van der Waals surface area contributed by atoms with Gasteiger partial charge >= 0.3 is 0 Å². The average molecular weight is 240 g/mol. The van der Waals surface area contributed by atoms with Crippen molar-refractivity contribution in [3.63, 3.8) is 0 Å². The van der Waals surface area contributed by atoms with Crippen LogP contribution in [0.5, 0.6) is 0 Å². The van der Waals surface area contributed by atoms with Gasteiger partial charge in [-0.1, -0.05) is 68.7 Å². The van der Waals surface area contributed by atoms with E-state index in [4.69, 9.17) is 0 Å². The number of hydrogen-bond acceptors (Lipinski definition) is 0. The maximum Gasteiger partial charge on any atom is -0.0267 e. The Morgan fingerprint density at radius 1 is 0.824 bits per heavy atom. The van der Waals surface area contributed by atoms with E-state index >= 15 is 0 Å². The van der Waals surface area contributed by atoms with Crippen molar-refractivity contribution in [3.8, 4) is 0 Å². The van der Waals surface area contributed by atoms with Crippen LogP contribution >= 0.6 is 0 Å². The van der Waals surface area contributed by atoms with E-state index < -0.39 is 0 Å². The molecule has 17 heavy (non-hydrogen) atoms. The Bertz CT molecular complexity index is 194. The Labute approximate surface area is 111 Å². The summed E-state index contributed by atoms with van der Waals surface area (Å²) in [4.78, 5) is 0. The fourth-order valence-electron chi connectivity index (χ4n) is 3.94. The van der Waals surface area contributed by atoms with Gasteiger partial charge in [0.05, 0.1) is 0 Å². The molecule has 0 radical (unpaired) electrons. The summed E-state index contributed by atoms with van der Waals surface area (Å²) in [6.45, 7) is 21.7. The molecule has 0 heteroatoms. The smallest absolute Gasteiger partial charge is 0.0267 e. The molecular weight excluding hydrogens is 204 g/mol. The van der Waals surface area contributed by atoms with Gasteiger partial charge in [0.2, 0.25) is 0 Å². The fraction of sp³-hybridized carbons (Fsp3) is 1.00. The summed E-state index contributed by atoms with van der Waals surface area (Å²) in [5.41, 5.74) is 0.484. The third-order valence-corrected chi connectivity index (χ3v) is 5.00. The van der Waals surface area contributed by atoms with E-state index in [1.807, 2.05) is 0 Å². The maximum absolute atomic E-state index is 2.54. The van der Waals surface area contributed by atoms with Crippen LogP contribution in [-0.2, 0) is 0 Å². The van der Waals surface area contributed by atoms with Crippen LogP contribution < -0.4 is 0 Å². The van der Waals surface area contributed by atoms with Gasteiger partial charge in [0.15, 0.2) is 0 Å². The summed E-state index contributed by atoms with van der Waals surface area (Å²) < 4.78 is 0. The zero-order valence-corrected chi connectivity index (χ0v) is 13.8. The van der Waals surface area contributed by atoms with E-state index in [0.717, 1.165) is 29.6 Å². The Morgan fingerprint density at radius 3 is 1.47 bits per heavy atom. The highest BCUT2D eigenvalue weighted by molar-refractivity contribution is 4.89. The van der Waals surface area contributed by atoms with Crippen LogP contribution in [0.15, 0.2) is 0 Å². The first-order valence-corrected chi connectivity index (χ1v) is 7.66. The van der Waals surface area contributed by atoms with Crippen molar-refractivity contribution in [2.45, 2.75) is 75.2 Å². The fourth-order valence-corrected chi connectivity index (χ4v) is 3.94. The maximum atomic E-state index is 2.54. The van der Waals surface area contributed by atoms with Crippen molar-refractivity contribution in [2.75, 3.05) is 0 Å². The summed E-state index contributed by atoms with van der Waals surface area (Å²) in [5.74, 6) is 4.02. The van der Waals surface area contributed by atoms with E-state index in [0.29, 0.717) is 5.41 Å². The molecule has 0 aliphatic carbocycles. The van der Waals surface area contributed by atoms with E-state index in [1.54, 1.807) is 0 Å². The monoisotopic (exact) mass is 240 g/mol. The summed E-state index contributed by atoms with van der Waals surface area (Å²) in [7, 11) is 0. The van der Waals surface area contributed by atoms with Crippen molar-refractivity contribution < 1.29 is 0 Å². The second kappa shape index (κ2) is 6.81. The van der Waals surface area contributed by atoms with E-state index in [9.17, 15) is 0 Å². The Morgan fingerprint density at radius 2 is 1.24 bits per heavy atom. The van der Waals surface area contributed by atoms with Gasteiger partial charge in [0.25, 0.3) is 0 Å². The average Bonchev–Trinajstić information content (AvgIpc) is 2.15. The van der Waals surface area contributed by atoms with Gasteiger partial charge < -0.3 is 0 Å². The summed E-state index contributed by atoms with van der Waals surface area (Å²) in [6, 6.07) is 0. The Hall–Kier alpha value is 0. The molecule has 0 spiro atoms. The molecule has 0 aromatic rings. The van der Waals surface area contributed by atoms with Gasteiger partial charge in [-0.3, -0.25) is 0 Å². The highest BCUT2D eigenvalue weighted by Gasteiger charge is 2.40. The summed E-state index contributed by atoms with van der Waals surface area (Å²) >= 11 is 0. The highest BCUT2D eigenvalue weighted by atomic mass is 14.5. The lowest BCUT2D eigenvalue weighted by molar-refractivity contribution is 0.0177. The van der Waals surface area contributed by atoms with Crippen LogP contribution in [0.4, 0.5) is 0 Å². The summed E-state index contributed by atoms with van der Waals surface area (Å²) in [6.07, 6.45) is 2.69. The Kier molecular flexibility index (Phi) is 6.81. The van der Waals surface area contributed by atoms with E-state index in [-0.39, 0.29) is 0 Å². The van der Waals surface area contributed by atoms with Gasteiger partial charge in [0, 0.05) is 0 Å². The number of rotatable bonds is 7. The lowest BCUT2D eigenvalue weighted by Crippen LogP contribution is -2.40. The molecular formula is C17H36. The van der Waals surface area contributed by atoms with E-state index in [1.165, 1.54) is 12.8 Å². The lowest BCUT2D eigenvalue weighted by Gasteiger charge is -2.47. The quantitative estimate of drug-likeness (QED) is 0.511. The van der Waals surface area contributed by atoms with Crippen LogP contribution in [-0.4, -0.2) is 0 Å². The first-order chi connectivity index (χ1) is 7.66. The zero-order valence-electron chi connectivity index (χ0n) is 13.8. The molecule has 0 saturated carbocycles. The van der Waals surface area contributed by atoms with Crippen LogP contribution in [0.1, 0.15) is 75.2 Å². The molecule has 0 aliphatic heterocycles. The topological polar surface area (TPSA) is 0 Å². The van der Waals surface area contributed by atoms with Crippen molar-refractivity contribution in [3.05, 3.63) is 0 Å². The first kappa shape index (κ1) is 17.0. The first-order valence-electron chi connectivity index (χ1n) is 7.66. The molecule has 0 fully saturated rings. The molecule has 0 aromatic carbocycles. The predicted molar refractivity (Wildman–Crippen MR) is 80.2 cm³/mol. The zero-order chi connectivity index (χ0) is 13.8. The molecule has 0 nitrogen and oxygen atoms in total. The third kappa shape index (κ3) is 4.30.